The number of nitrogens with one attached hydrogen (secondary N) is 3. The topological polar surface area (TPSA) is 90.5 Å². The number of nitrogens with zero attached hydrogens (tertiary/aromatic N) is 1. The molecule has 3 N–H and O–H groups in total. The smallest absolute Gasteiger partial charge is 0.344 e. The van der Waals surface area contributed by atoms with Crippen LogP contribution in [-0.2, 0) is 9.59 Å². The van der Waals surface area contributed by atoms with E-state index in [2.05, 4.69) is 23.0 Å². The van der Waals surface area contributed by atoms with Crippen LogP contribution < -0.4 is 16.1 Å². The summed E-state index contributed by atoms with van der Waals surface area (Å²) in [5, 5.41) is 7.08. The number of carbonyl (C=O) groups is 3. The van der Waals surface area contributed by atoms with Crippen molar-refractivity contribution in [3.8, 4) is 0 Å². The van der Waals surface area contributed by atoms with Crippen LogP contribution in [0.5, 0.6) is 0 Å². The Kier molecular flexibility index (Phi) is 4.85. The minimum absolute atomic E-state index is 0.0667. The van der Waals surface area contributed by atoms with Gasteiger partial charge in [-0.25, -0.2) is 4.79 Å². The molecule has 1 aliphatic carbocycles. The Bertz CT molecular complexity index is 684. The lowest BCUT2D eigenvalue weighted by atomic mass is 9.77. The largest absolute Gasteiger partial charge is 0.376 e. The standard InChI is InChI=1S/C17H21ClN4O3/c1-11-6-8-17(9-7-11)15(24)22(16(25)20-17)21-14(23)10-19-13-4-2-12(18)3-5-13/h2-5,11,19H,6-10H2,1H3,(H,20,25)(H,21,23). The van der Waals surface area contributed by atoms with Gasteiger partial charge in [0.05, 0.1) is 6.54 Å². The SMILES string of the molecule is CC1CCC2(CC1)NC(=O)N(NC(=O)CNc1ccc(Cl)cc1)C2=O. The highest BCUT2D eigenvalue weighted by molar-refractivity contribution is 6.30. The molecular formula is C17H21ClN4O3. The first-order valence-electron chi connectivity index (χ1n) is 8.35. The molecule has 7 nitrogen and oxygen atoms in total. The number of rotatable bonds is 4. The van der Waals surface area contributed by atoms with Crippen molar-refractivity contribution in [3.05, 3.63) is 29.3 Å². The van der Waals surface area contributed by atoms with Crippen molar-refractivity contribution in [1.82, 2.24) is 15.8 Å². The average molecular weight is 365 g/mol. The van der Waals surface area contributed by atoms with Gasteiger partial charge in [-0.2, -0.15) is 5.01 Å². The molecular weight excluding hydrogens is 344 g/mol. The quantitative estimate of drug-likeness (QED) is 0.715. The van der Waals surface area contributed by atoms with Crippen molar-refractivity contribution in [2.45, 2.75) is 38.1 Å². The van der Waals surface area contributed by atoms with E-state index in [1.807, 2.05) is 0 Å². The van der Waals surface area contributed by atoms with Crippen LogP contribution in [0.1, 0.15) is 32.6 Å². The first-order valence-corrected chi connectivity index (χ1v) is 8.73. The van der Waals surface area contributed by atoms with Crippen LogP contribution in [0.25, 0.3) is 0 Å². The molecule has 4 amide bonds. The summed E-state index contributed by atoms with van der Waals surface area (Å²) in [6, 6.07) is 6.31. The summed E-state index contributed by atoms with van der Waals surface area (Å²) in [6.45, 7) is 2.07. The van der Waals surface area contributed by atoms with Crippen LogP contribution >= 0.6 is 11.6 Å². The first-order chi connectivity index (χ1) is 11.9. The molecule has 0 atom stereocenters. The zero-order valence-corrected chi connectivity index (χ0v) is 14.7. The second-order valence-corrected chi connectivity index (χ2v) is 7.17. The Morgan fingerprint density at radius 2 is 1.92 bits per heavy atom. The molecule has 25 heavy (non-hydrogen) atoms. The Balaban J connectivity index is 1.56. The van der Waals surface area contributed by atoms with Gasteiger partial charge in [-0.3, -0.25) is 15.0 Å². The predicted molar refractivity (Wildman–Crippen MR) is 93.8 cm³/mol. The first kappa shape index (κ1) is 17.5. The summed E-state index contributed by atoms with van der Waals surface area (Å²) in [5.41, 5.74) is 2.24. The summed E-state index contributed by atoms with van der Waals surface area (Å²) in [5.74, 6) is -0.300. The second-order valence-electron chi connectivity index (χ2n) is 6.73. The molecule has 1 heterocycles. The average Bonchev–Trinajstić information content (AvgIpc) is 2.82. The molecule has 1 saturated heterocycles. The van der Waals surface area contributed by atoms with Gasteiger partial charge < -0.3 is 10.6 Å². The molecule has 1 aliphatic heterocycles. The summed E-state index contributed by atoms with van der Waals surface area (Å²) in [6.07, 6.45) is 2.97. The maximum Gasteiger partial charge on any atom is 0.344 e. The van der Waals surface area contributed by atoms with Gasteiger partial charge in [-0.15, -0.1) is 0 Å². The molecule has 3 rings (SSSR count). The van der Waals surface area contributed by atoms with Crippen LogP contribution in [0.2, 0.25) is 5.02 Å². The van der Waals surface area contributed by atoms with Crippen molar-refractivity contribution in [1.29, 1.82) is 0 Å². The fourth-order valence-electron chi connectivity index (χ4n) is 3.23. The molecule has 1 spiro atoms. The Morgan fingerprint density at radius 1 is 1.28 bits per heavy atom. The van der Waals surface area contributed by atoms with Gasteiger partial charge >= 0.3 is 6.03 Å². The fraction of sp³-hybridized carbons (Fsp3) is 0.471. The molecule has 2 fully saturated rings. The maximum atomic E-state index is 12.6. The number of hydrogen-bond acceptors (Lipinski definition) is 4. The number of carbonyl (C=O) groups excluding carboxylic acids is 3. The van der Waals surface area contributed by atoms with Gasteiger partial charge in [0.25, 0.3) is 11.8 Å². The van der Waals surface area contributed by atoms with Crippen molar-refractivity contribution in [3.63, 3.8) is 0 Å². The molecule has 0 bridgehead atoms. The second kappa shape index (κ2) is 6.92. The van der Waals surface area contributed by atoms with Crippen LogP contribution in [0.15, 0.2) is 24.3 Å². The van der Waals surface area contributed by atoms with Crippen LogP contribution in [0, 0.1) is 5.92 Å². The molecule has 0 radical (unpaired) electrons. The Morgan fingerprint density at radius 3 is 2.56 bits per heavy atom. The molecule has 8 heteroatoms. The van der Waals surface area contributed by atoms with Gasteiger partial charge in [0.15, 0.2) is 0 Å². The molecule has 1 aromatic rings. The number of hydrazine groups is 1. The highest BCUT2D eigenvalue weighted by atomic mass is 35.5. The lowest BCUT2D eigenvalue weighted by Gasteiger charge is -2.33. The van der Waals surface area contributed by atoms with Crippen molar-refractivity contribution < 1.29 is 14.4 Å². The van der Waals surface area contributed by atoms with Gasteiger partial charge in [0.2, 0.25) is 0 Å². The highest BCUT2D eigenvalue weighted by Gasteiger charge is 2.52. The molecule has 2 aliphatic rings. The monoisotopic (exact) mass is 364 g/mol. The van der Waals surface area contributed by atoms with Crippen molar-refractivity contribution in [2.24, 2.45) is 5.92 Å². The third-order valence-electron chi connectivity index (χ3n) is 4.82. The zero-order valence-electron chi connectivity index (χ0n) is 14.0. The molecule has 1 aromatic carbocycles. The minimum Gasteiger partial charge on any atom is -0.376 e. The number of hydrogen-bond donors (Lipinski definition) is 3. The van der Waals surface area contributed by atoms with E-state index in [-0.39, 0.29) is 12.5 Å². The highest BCUT2D eigenvalue weighted by Crippen LogP contribution is 2.35. The zero-order chi connectivity index (χ0) is 18.0. The van der Waals surface area contributed by atoms with E-state index in [4.69, 9.17) is 11.6 Å². The van der Waals surface area contributed by atoms with Crippen molar-refractivity contribution >= 4 is 35.1 Å². The third kappa shape index (κ3) is 3.71. The fourth-order valence-corrected chi connectivity index (χ4v) is 3.36. The minimum atomic E-state index is -0.861. The number of anilines is 1. The summed E-state index contributed by atoms with van der Waals surface area (Å²) >= 11 is 5.80. The van der Waals surface area contributed by atoms with Gasteiger partial charge in [0.1, 0.15) is 5.54 Å². The van der Waals surface area contributed by atoms with E-state index in [1.165, 1.54) is 0 Å². The van der Waals surface area contributed by atoms with E-state index >= 15 is 0 Å². The van der Waals surface area contributed by atoms with Crippen LogP contribution in [0.4, 0.5) is 10.5 Å². The molecule has 0 aromatic heterocycles. The van der Waals surface area contributed by atoms with E-state index in [1.54, 1.807) is 24.3 Å². The molecule has 134 valence electrons. The Hall–Kier alpha value is -2.28. The van der Waals surface area contributed by atoms with Crippen LogP contribution in [0.3, 0.4) is 0 Å². The van der Waals surface area contributed by atoms with Gasteiger partial charge in [0, 0.05) is 10.7 Å². The van der Waals surface area contributed by atoms with Crippen LogP contribution in [-0.4, -0.2) is 34.9 Å². The third-order valence-corrected chi connectivity index (χ3v) is 5.08. The van der Waals surface area contributed by atoms with E-state index in [0.29, 0.717) is 23.8 Å². The summed E-state index contributed by atoms with van der Waals surface area (Å²) in [7, 11) is 0. The van der Waals surface area contributed by atoms with E-state index < -0.39 is 17.5 Å². The summed E-state index contributed by atoms with van der Waals surface area (Å²) < 4.78 is 0. The van der Waals surface area contributed by atoms with Crippen molar-refractivity contribution in [2.75, 3.05) is 11.9 Å². The number of benzene rings is 1. The van der Waals surface area contributed by atoms with Gasteiger partial charge in [-0.05, 0) is 55.9 Å². The summed E-state index contributed by atoms with van der Waals surface area (Å²) in [4.78, 5) is 36.9. The lowest BCUT2D eigenvalue weighted by Crippen LogP contribution is -2.52. The normalized spacial score (nSPS) is 25.8. The van der Waals surface area contributed by atoms with Gasteiger partial charge in [-0.1, -0.05) is 18.5 Å². The molecule has 0 unspecified atom stereocenters. The number of halogens is 1. The van der Waals surface area contributed by atoms with E-state index in [0.717, 1.165) is 23.5 Å². The lowest BCUT2D eigenvalue weighted by molar-refractivity contribution is -0.139. The Labute approximate surface area is 151 Å². The predicted octanol–water partition coefficient (Wildman–Crippen LogP) is 2.28. The number of amides is 4. The van der Waals surface area contributed by atoms with E-state index in [9.17, 15) is 14.4 Å². The number of imide groups is 1. The molecule has 1 saturated carbocycles. The number of urea groups is 1. The maximum absolute atomic E-state index is 12.6.